The van der Waals surface area contributed by atoms with Crippen molar-refractivity contribution in [3.05, 3.63) is 36.2 Å². The van der Waals surface area contributed by atoms with E-state index in [4.69, 9.17) is 9.47 Å². The summed E-state index contributed by atoms with van der Waals surface area (Å²) in [4.78, 5) is 3.16. The molecule has 1 aromatic heterocycles. The van der Waals surface area contributed by atoms with Crippen LogP contribution in [0.25, 0.3) is 0 Å². The van der Waals surface area contributed by atoms with Crippen molar-refractivity contribution >= 4 is 0 Å². The average Bonchev–Trinajstić information content (AvgIpc) is 3.05. The molecule has 1 aromatic rings. The Kier molecular flexibility index (Phi) is 2.02. The minimum atomic E-state index is -0.196. The normalized spacial score (nSPS) is 43.6. The fourth-order valence-corrected chi connectivity index (χ4v) is 3.63. The van der Waals surface area contributed by atoms with Crippen LogP contribution in [0.1, 0.15) is 24.8 Å². The molecule has 17 heavy (non-hydrogen) atoms. The van der Waals surface area contributed by atoms with Crippen LogP contribution in [0.3, 0.4) is 0 Å². The Hall–Kier alpha value is -1.06. The summed E-state index contributed by atoms with van der Waals surface area (Å²) < 4.78 is 11.9. The second-order valence-corrected chi connectivity index (χ2v) is 5.63. The number of hydrogen-bond acceptors (Lipinski definition) is 2. The van der Waals surface area contributed by atoms with Gasteiger partial charge in [0.2, 0.25) is 0 Å². The van der Waals surface area contributed by atoms with E-state index in [-0.39, 0.29) is 11.7 Å². The van der Waals surface area contributed by atoms with E-state index in [0.29, 0.717) is 5.92 Å². The Bertz CT molecular complexity index is 429. The highest BCUT2D eigenvalue weighted by atomic mass is 16.7. The molecule has 2 atom stereocenters. The van der Waals surface area contributed by atoms with Gasteiger partial charge in [0.15, 0.2) is 6.29 Å². The molecule has 0 radical (unpaired) electrons. The van der Waals surface area contributed by atoms with Gasteiger partial charge in [-0.15, -0.1) is 0 Å². The SMILES string of the molecule is C1=CC2CC1CC21COC(c2ccc[nH]2)OC1. The molecule has 90 valence electrons. The van der Waals surface area contributed by atoms with Gasteiger partial charge in [0, 0.05) is 11.6 Å². The largest absolute Gasteiger partial charge is 0.361 e. The quantitative estimate of drug-likeness (QED) is 0.754. The first-order valence-corrected chi connectivity index (χ1v) is 6.41. The van der Waals surface area contributed by atoms with Crippen LogP contribution < -0.4 is 0 Å². The molecule has 1 N–H and O–H groups in total. The molecule has 2 bridgehead atoms. The van der Waals surface area contributed by atoms with Gasteiger partial charge in [0.25, 0.3) is 0 Å². The molecular formula is C14H17NO2. The van der Waals surface area contributed by atoms with E-state index in [1.165, 1.54) is 12.8 Å². The van der Waals surface area contributed by atoms with E-state index in [1.807, 2.05) is 18.3 Å². The molecule has 1 saturated carbocycles. The van der Waals surface area contributed by atoms with Crippen LogP contribution in [0.4, 0.5) is 0 Å². The van der Waals surface area contributed by atoms with Crippen molar-refractivity contribution in [2.45, 2.75) is 19.1 Å². The van der Waals surface area contributed by atoms with E-state index in [2.05, 4.69) is 17.1 Å². The molecule has 2 aliphatic carbocycles. The van der Waals surface area contributed by atoms with Crippen LogP contribution in [-0.2, 0) is 9.47 Å². The predicted molar refractivity (Wildman–Crippen MR) is 63.2 cm³/mol. The maximum atomic E-state index is 5.93. The Morgan fingerprint density at radius 1 is 1.24 bits per heavy atom. The minimum absolute atomic E-state index is 0.196. The minimum Gasteiger partial charge on any atom is -0.361 e. The molecule has 3 aliphatic rings. The van der Waals surface area contributed by atoms with Crippen molar-refractivity contribution in [2.75, 3.05) is 13.2 Å². The van der Waals surface area contributed by atoms with Crippen molar-refractivity contribution < 1.29 is 9.47 Å². The third-order valence-corrected chi connectivity index (χ3v) is 4.55. The molecule has 4 rings (SSSR count). The molecule has 3 heteroatoms. The zero-order valence-electron chi connectivity index (χ0n) is 9.76. The number of nitrogens with one attached hydrogen (secondary N) is 1. The number of aromatic nitrogens is 1. The van der Waals surface area contributed by atoms with E-state index in [9.17, 15) is 0 Å². The first-order valence-electron chi connectivity index (χ1n) is 6.41. The Morgan fingerprint density at radius 3 is 2.71 bits per heavy atom. The van der Waals surface area contributed by atoms with Crippen molar-refractivity contribution in [2.24, 2.45) is 17.3 Å². The number of hydrogen-bond donors (Lipinski definition) is 1. The number of ether oxygens (including phenoxy) is 2. The van der Waals surface area contributed by atoms with Gasteiger partial charge in [0.05, 0.1) is 18.9 Å². The standard InChI is InChI=1S/C14H17NO2/c1-2-12(15-5-1)13-16-8-14(9-17-13)7-10-3-4-11(14)6-10/h1-5,10-11,13,15H,6-9H2. The van der Waals surface area contributed by atoms with Crippen LogP contribution in [0.2, 0.25) is 0 Å². The number of fused-ring (bicyclic) bond motifs is 3. The van der Waals surface area contributed by atoms with Gasteiger partial charge in [-0.05, 0) is 36.8 Å². The summed E-state index contributed by atoms with van der Waals surface area (Å²) in [6.45, 7) is 1.67. The molecule has 2 fully saturated rings. The summed E-state index contributed by atoms with van der Waals surface area (Å²) in [6, 6.07) is 4.00. The first kappa shape index (κ1) is 9.92. The van der Waals surface area contributed by atoms with E-state index < -0.39 is 0 Å². The predicted octanol–water partition coefficient (Wildman–Crippen LogP) is 2.64. The van der Waals surface area contributed by atoms with Gasteiger partial charge >= 0.3 is 0 Å². The summed E-state index contributed by atoms with van der Waals surface area (Å²) >= 11 is 0. The second-order valence-electron chi connectivity index (χ2n) is 5.63. The fourth-order valence-electron chi connectivity index (χ4n) is 3.63. The smallest absolute Gasteiger partial charge is 0.198 e. The molecule has 1 saturated heterocycles. The van der Waals surface area contributed by atoms with Gasteiger partial charge in [-0.1, -0.05) is 12.2 Å². The highest BCUT2D eigenvalue weighted by molar-refractivity contribution is 5.16. The van der Waals surface area contributed by atoms with Crippen molar-refractivity contribution in [3.63, 3.8) is 0 Å². The Labute approximate surface area is 101 Å². The summed E-state index contributed by atoms with van der Waals surface area (Å²) in [7, 11) is 0. The maximum Gasteiger partial charge on any atom is 0.198 e. The molecule has 1 spiro atoms. The van der Waals surface area contributed by atoms with Gasteiger partial charge in [0.1, 0.15) is 0 Å². The molecule has 2 unspecified atom stereocenters. The lowest BCUT2D eigenvalue weighted by molar-refractivity contribution is -0.241. The number of rotatable bonds is 1. The van der Waals surface area contributed by atoms with Crippen molar-refractivity contribution in [1.82, 2.24) is 4.98 Å². The number of allylic oxidation sites excluding steroid dienone is 2. The van der Waals surface area contributed by atoms with Gasteiger partial charge in [-0.2, -0.15) is 0 Å². The van der Waals surface area contributed by atoms with Crippen LogP contribution in [-0.4, -0.2) is 18.2 Å². The zero-order valence-corrected chi connectivity index (χ0v) is 9.76. The summed E-state index contributed by atoms with van der Waals surface area (Å²) in [5.74, 6) is 1.45. The third-order valence-electron chi connectivity index (χ3n) is 4.55. The third kappa shape index (κ3) is 1.42. The molecular weight excluding hydrogens is 214 g/mol. The maximum absolute atomic E-state index is 5.93. The first-order chi connectivity index (χ1) is 8.36. The van der Waals surface area contributed by atoms with Crippen LogP contribution in [0.5, 0.6) is 0 Å². The lowest BCUT2D eigenvalue weighted by atomic mass is 9.76. The molecule has 1 aliphatic heterocycles. The fraction of sp³-hybridized carbons (Fsp3) is 0.571. The second kappa shape index (κ2) is 3.47. The molecule has 3 nitrogen and oxygen atoms in total. The number of aromatic amines is 1. The van der Waals surface area contributed by atoms with E-state index in [1.54, 1.807) is 0 Å². The molecule has 0 aromatic carbocycles. The molecule has 2 heterocycles. The van der Waals surface area contributed by atoms with Crippen molar-refractivity contribution in [1.29, 1.82) is 0 Å². The van der Waals surface area contributed by atoms with Crippen LogP contribution in [0.15, 0.2) is 30.5 Å². The summed E-state index contributed by atoms with van der Waals surface area (Å²) in [5, 5.41) is 0. The molecule has 0 amide bonds. The number of H-pyrrole nitrogens is 1. The van der Waals surface area contributed by atoms with Crippen LogP contribution in [0, 0.1) is 17.3 Å². The van der Waals surface area contributed by atoms with E-state index >= 15 is 0 Å². The highest BCUT2D eigenvalue weighted by Crippen LogP contribution is 2.54. The Morgan fingerprint density at radius 2 is 2.12 bits per heavy atom. The van der Waals surface area contributed by atoms with E-state index in [0.717, 1.165) is 24.8 Å². The average molecular weight is 231 g/mol. The van der Waals surface area contributed by atoms with Gasteiger partial charge < -0.3 is 14.5 Å². The highest BCUT2D eigenvalue weighted by Gasteiger charge is 2.51. The zero-order chi connectivity index (χ0) is 11.3. The van der Waals surface area contributed by atoms with Crippen LogP contribution >= 0.6 is 0 Å². The van der Waals surface area contributed by atoms with Gasteiger partial charge in [-0.3, -0.25) is 0 Å². The summed E-state index contributed by atoms with van der Waals surface area (Å²) in [5.41, 5.74) is 1.29. The topological polar surface area (TPSA) is 34.2 Å². The Balaban J connectivity index is 1.50. The monoisotopic (exact) mass is 231 g/mol. The van der Waals surface area contributed by atoms with Gasteiger partial charge in [-0.25, -0.2) is 0 Å². The summed E-state index contributed by atoms with van der Waals surface area (Å²) in [6.07, 6.45) is 9.00. The van der Waals surface area contributed by atoms with Crippen molar-refractivity contribution in [3.8, 4) is 0 Å². The lowest BCUT2D eigenvalue weighted by Gasteiger charge is -2.41. The lowest BCUT2D eigenvalue weighted by Crippen LogP contribution is -2.41.